The number of imidazole rings is 1. The Balaban J connectivity index is 2.00. The maximum Gasteiger partial charge on any atom is 0.416 e. The molecule has 1 aliphatic heterocycles. The zero-order valence-electron chi connectivity index (χ0n) is 11.1. The van der Waals surface area contributed by atoms with Crippen LogP contribution in [0.2, 0.25) is 0 Å². The molecule has 0 aliphatic carbocycles. The molecule has 0 N–H and O–H groups in total. The van der Waals surface area contributed by atoms with Gasteiger partial charge in [-0.1, -0.05) is 12.1 Å². The average Bonchev–Trinajstić information content (AvgIpc) is 2.83. The quantitative estimate of drug-likeness (QED) is 0.753. The van der Waals surface area contributed by atoms with Gasteiger partial charge < -0.3 is 4.57 Å². The molecule has 2 nitrogen and oxygen atoms in total. The van der Waals surface area contributed by atoms with Crippen LogP contribution in [0.1, 0.15) is 37.1 Å². The first-order chi connectivity index (χ1) is 9.47. The van der Waals surface area contributed by atoms with E-state index in [1.807, 2.05) is 6.20 Å². The standard InChI is InChI=1S/C15H15F3N2/c1-10-3-2-4-13-9-19-14(20(10)13)11-5-7-12(8-6-11)15(16,17)18/h5-10H,2-4H2,1H3. The van der Waals surface area contributed by atoms with Crippen molar-refractivity contribution in [3.05, 3.63) is 41.7 Å². The summed E-state index contributed by atoms with van der Waals surface area (Å²) in [5.41, 5.74) is 1.27. The number of benzene rings is 1. The molecule has 0 bridgehead atoms. The third-order valence-corrected chi connectivity index (χ3v) is 3.84. The third kappa shape index (κ3) is 2.21. The number of fused-ring (bicyclic) bond motifs is 1. The van der Waals surface area contributed by atoms with Crippen molar-refractivity contribution < 1.29 is 13.2 Å². The second-order valence-electron chi connectivity index (χ2n) is 5.26. The second-order valence-corrected chi connectivity index (χ2v) is 5.26. The molecule has 3 rings (SSSR count). The SMILES string of the molecule is CC1CCCc2cnc(-c3ccc(C(F)(F)F)cc3)n21. The van der Waals surface area contributed by atoms with Gasteiger partial charge in [0.1, 0.15) is 5.82 Å². The molecule has 2 heterocycles. The van der Waals surface area contributed by atoms with Crippen LogP contribution in [0.25, 0.3) is 11.4 Å². The van der Waals surface area contributed by atoms with Gasteiger partial charge in [0.15, 0.2) is 0 Å². The lowest BCUT2D eigenvalue weighted by molar-refractivity contribution is -0.137. The number of alkyl halides is 3. The molecular formula is C15H15F3N2. The van der Waals surface area contributed by atoms with Crippen LogP contribution in [0.3, 0.4) is 0 Å². The first-order valence-corrected chi connectivity index (χ1v) is 6.70. The lowest BCUT2D eigenvalue weighted by atomic mass is 10.0. The number of aryl methyl sites for hydroxylation is 1. The van der Waals surface area contributed by atoms with Gasteiger partial charge in [0.2, 0.25) is 0 Å². The fourth-order valence-electron chi connectivity index (χ4n) is 2.80. The smallest absolute Gasteiger partial charge is 0.325 e. The predicted octanol–water partition coefficient (Wildman–Crippen LogP) is 4.47. The average molecular weight is 280 g/mol. The lowest BCUT2D eigenvalue weighted by Gasteiger charge is -2.24. The zero-order valence-corrected chi connectivity index (χ0v) is 11.1. The fourth-order valence-corrected chi connectivity index (χ4v) is 2.80. The van der Waals surface area contributed by atoms with Crippen LogP contribution in [0.5, 0.6) is 0 Å². The van der Waals surface area contributed by atoms with E-state index in [0.717, 1.165) is 42.8 Å². The van der Waals surface area contributed by atoms with E-state index in [0.29, 0.717) is 6.04 Å². The molecule has 106 valence electrons. The summed E-state index contributed by atoms with van der Waals surface area (Å²) < 4.78 is 39.9. The van der Waals surface area contributed by atoms with Crippen molar-refractivity contribution in [1.82, 2.24) is 9.55 Å². The summed E-state index contributed by atoms with van der Waals surface area (Å²) in [5.74, 6) is 0.765. The van der Waals surface area contributed by atoms with Crippen LogP contribution < -0.4 is 0 Å². The monoisotopic (exact) mass is 280 g/mol. The molecule has 0 saturated heterocycles. The van der Waals surface area contributed by atoms with Gasteiger partial charge in [0.25, 0.3) is 0 Å². The molecule has 0 radical (unpaired) electrons. The van der Waals surface area contributed by atoms with E-state index in [1.165, 1.54) is 17.8 Å². The number of hydrogen-bond donors (Lipinski definition) is 0. The predicted molar refractivity (Wildman–Crippen MR) is 70.3 cm³/mol. The minimum absolute atomic E-state index is 0.346. The van der Waals surface area contributed by atoms with Crippen molar-refractivity contribution in [3.8, 4) is 11.4 Å². The highest BCUT2D eigenvalue weighted by molar-refractivity contribution is 5.57. The number of rotatable bonds is 1. The van der Waals surface area contributed by atoms with Crippen molar-refractivity contribution in [3.63, 3.8) is 0 Å². The molecule has 0 fully saturated rings. The summed E-state index contributed by atoms with van der Waals surface area (Å²) in [6.45, 7) is 2.12. The molecule has 1 aromatic carbocycles. The van der Waals surface area contributed by atoms with Crippen molar-refractivity contribution in [2.75, 3.05) is 0 Å². The highest BCUT2D eigenvalue weighted by Gasteiger charge is 2.30. The molecule has 0 spiro atoms. The Morgan fingerprint density at radius 3 is 2.55 bits per heavy atom. The maximum absolute atomic E-state index is 12.6. The van der Waals surface area contributed by atoms with Crippen LogP contribution in [0, 0.1) is 0 Å². The van der Waals surface area contributed by atoms with Crippen molar-refractivity contribution in [2.24, 2.45) is 0 Å². The molecule has 20 heavy (non-hydrogen) atoms. The van der Waals surface area contributed by atoms with Crippen molar-refractivity contribution >= 4 is 0 Å². The summed E-state index contributed by atoms with van der Waals surface area (Å²) >= 11 is 0. The minimum atomic E-state index is -4.29. The van der Waals surface area contributed by atoms with Gasteiger partial charge >= 0.3 is 6.18 Å². The van der Waals surface area contributed by atoms with Crippen LogP contribution in [-0.2, 0) is 12.6 Å². The molecule has 1 unspecified atom stereocenters. The van der Waals surface area contributed by atoms with E-state index in [9.17, 15) is 13.2 Å². The Morgan fingerprint density at radius 1 is 1.20 bits per heavy atom. The summed E-state index contributed by atoms with van der Waals surface area (Å²) in [4.78, 5) is 4.39. The van der Waals surface area contributed by atoms with Gasteiger partial charge in [0, 0.05) is 23.5 Å². The lowest BCUT2D eigenvalue weighted by Crippen LogP contribution is -2.15. The van der Waals surface area contributed by atoms with Crippen LogP contribution in [0.15, 0.2) is 30.5 Å². The number of aromatic nitrogens is 2. The Morgan fingerprint density at radius 2 is 1.90 bits per heavy atom. The molecular weight excluding hydrogens is 265 g/mol. The number of halogens is 3. The second kappa shape index (κ2) is 4.65. The van der Waals surface area contributed by atoms with Gasteiger partial charge in [-0.2, -0.15) is 13.2 Å². The molecule has 0 amide bonds. The molecule has 1 atom stereocenters. The van der Waals surface area contributed by atoms with Crippen molar-refractivity contribution in [1.29, 1.82) is 0 Å². The molecule has 1 aliphatic rings. The van der Waals surface area contributed by atoms with Gasteiger partial charge in [-0.25, -0.2) is 4.98 Å². The molecule has 5 heteroatoms. The number of hydrogen-bond acceptors (Lipinski definition) is 1. The van der Waals surface area contributed by atoms with E-state index in [4.69, 9.17) is 0 Å². The number of nitrogens with zero attached hydrogens (tertiary/aromatic N) is 2. The van der Waals surface area contributed by atoms with Crippen LogP contribution in [0.4, 0.5) is 13.2 Å². The Hall–Kier alpha value is -1.78. The normalized spacial score (nSPS) is 18.9. The largest absolute Gasteiger partial charge is 0.416 e. The van der Waals surface area contributed by atoms with Gasteiger partial charge in [-0.05, 0) is 38.3 Å². The van der Waals surface area contributed by atoms with Gasteiger partial charge in [-0.3, -0.25) is 0 Å². The summed E-state index contributed by atoms with van der Waals surface area (Å²) in [6.07, 6.45) is 0.745. The van der Waals surface area contributed by atoms with Crippen LogP contribution in [-0.4, -0.2) is 9.55 Å². The molecule has 0 saturated carbocycles. The molecule has 1 aromatic heterocycles. The zero-order chi connectivity index (χ0) is 14.3. The van der Waals surface area contributed by atoms with Crippen LogP contribution >= 0.6 is 0 Å². The topological polar surface area (TPSA) is 17.8 Å². The van der Waals surface area contributed by atoms with Crippen molar-refractivity contribution in [2.45, 2.75) is 38.4 Å². The highest BCUT2D eigenvalue weighted by Crippen LogP contribution is 2.33. The first kappa shape index (κ1) is 13.2. The maximum atomic E-state index is 12.6. The summed E-state index contributed by atoms with van der Waals surface area (Å²) in [6, 6.07) is 5.58. The van der Waals surface area contributed by atoms with E-state index >= 15 is 0 Å². The Kier molecular flexibility index (Phi) is 3.07. The Labute approximate surface area is 115 Å². The van der Waals surface area contributed by atoms with E-state index in [2.05, 4.69) is 16.5 Å². The third-order valence-electron chi connectivity index (χ3n) is 3.84. The molecule has 2 aromatic rings. The minimum Gasteiger partial charge on any atom is -0.325 e. The highest BCUT2D eigenvalue weighted by atomic mass is 19.4. The van der Waals surface area contributed by atoms with Gasteiger partial charge in [0.05, 0.1) is 5.56 Å². The van der Waals surface area contributed by atoms with E-state index in [1.54, 1.807) is 0 Å². The Bertz CT molecular complexity index is 611. The summed E-state index contributed by atoms with van der Waals surface area (Å²) in [5, 5.41) is 0. The summed E-state index contributed by atoms with van der Waals surface area (Å²) in [7, 11) is 0. The first-order valence-electron chi connectivity index (χ1n) is 6.70. The van der Waals surface area contributed by atoms with E-state index in [-0.39, 0.29) is 0 Å². The van der Waals surface area contributed by atoms with E-state index < -0.39 is 11.7 Å². The fraction of sp³-hybridized carbons (Fsp3) is 0.400. The van der Waals surface area contributed by atoms with Gasteiger partial charge in [-0.15, -0.1) is 0 Å².